The molecule has 0 aliphatic rings. The van der Waals surface area contributed by atoms with E-state index in [9.17, 15) is 0 Å². The van der Waals surface area contributed by atoms with Gasteiger partial charge in [0, 0.05) is 17.9 Å². The first-order valence-corrected chi connectivity index (χ1v) is 5.51. The van der Waals surface area contributed by atoms with Crippen LogP contribution in [0.5, 0.6) is 0 Å². The van der Waals surface area contributed by atoms with E-state index in [-0.39, 0.29) is 0 Å². The van der Waals surface area contributed by atoms with Crippen LogP contribution in [-0.4, -0.2) is 21.7 Å². The molecule has 84 valence electrons. The van der Waals surface area contributed by atoms with Crippen molar-refractivity contribution in [3.05, 3.63) is 46.5 Å². The Morgan fingerprint density at radius 2 is 2.12 bits per heavy atom. The molecule has 4 nitrogen and oxygen atoms in total. The average molecular weight is 237 g/mol. The third kappa shape index (κ3) is 2.59. The summed E-state index contributed by atoms with van der Waals surface area (Å²) in [4.78, 5) is 4.33. The number of benzene rings is 1. The fraction of sp³-hybridized carbons (Fsp3) is 0.273. The first kappa shape index (κ1) is 11.1. The van der Waals surface area contributed by atoms with Crippen LogP contribution in [0.1, 0.15) is 17.2 Å². The van der Waals surface area contributed by atoms with Gasteiger partial charge in [-0.15, -0.1) is 0 Å². The molecule has 0 fully saturated rings. The van der Waals surface area contributed by atoms with Crippen molar-refractivity contribution < 1.29 is 0 Å². The third-order valence-electron chi connectivity index (χ3n) is 2.26. The molecule has 0 aliphatic heterocycles. The van der Waals surface area contributed by atoms with Gasteiger partial charge in [0.25, 0.3) is 0 Å². The second-order valence-electron chi connectivity index (χ2n) is 3.51. The third-order valence-corrected chi connectivity index (χ3v) is 2.63. The zero-order chi connectivity index (χ0) is 11.4. The van der Waals surface area contributed by atoms with Crippen LogP contribution in [0.15, 0.2) is 24.3 Å². The maximum absolute atomic E-state index is 6.06. The summed E-state index contributed by atoms with van der Waals surface area (Å²) in [5.74, 6) is 1.57. The van der Waals surface area contributed by atoms with E-state index in [1.165, 1.54) is 0 Å². The van der Waals surface area contributed by atoms with Crippen molar-refractivity contribution in [3.63, 3.8) is 0 Å². The molecule has 1 aromatic carbocycles. The molecule has 0 amide bonds. The maximum Gasteiger partial charge on any atom is 0.151 e. The topological polar surface area (TPSA) is 67.6 Å². The molecule has 0 bridgehead atoms. The molecule has 0 unspecified atom stereocenters. The molecule has 2 rings (SSSR count). The zero-order valence-electron chi connectivity index (χ0n) is 8.78. The van der Waals surface area contributed by atoms with Gasteiger partial charge in [0.2, 0.25) is 0 Å². The molecule has 0 radical (unpaired) electrons. The molecular formula is C11H13ClN4. The van der Waals surface area contributed by atoms with E-state index in [2.05, 4.69) is 15.2 Å². The highest BCUT2D eigenvalue weighted by Crippen LogP contribution is 2.17. The quantitative estimate of drug-likeness (QED) is 0.847. The number of aromatic amines is 1. The second-order valence-corrected chi connectivity index (χ2v) is 3.91. The molecule has 5 heteroatoms. The number of nitrogens with zero attached hydrogens (tertiary/aromatic N) is 2. The van der Waals surface area contributed by atoms with Crippen LogP contribution in [0, 0.1) is 0 Å². The van der Waals surface area contributed by atoms with Crippen LogP contribution in [0.2, 0.25) is 5.02 Å². The Morgan fingerprint density at radius 3 is 2.88 bits per heavy atom. The first-order valence-electron chi connectivity index (χ1n) is 5.13. The van der Waals surface area contributed by atoms with E-state index < -0.39 is 0 Å². The Morgan fingerprint density at radius 1 is 1.31 bits per heavy atom. The monoisotopic (exact) mass is 236 g/mol. The predicted octanol–water partition coefficient (Wildman–Crippen LogP) is 1.55. The van der Waals surface area contributed by atoms with Gasteiger partial charge in [-0.25, -0.2) is 4.98 Å². The van der Waals surface area contributed by atoms with E-state index >= 15 is 0 Å². The van der Waals surface area contributed by atoms with Crippen molar-refractivity contribution in [1.29, 1.82) is 0 Å². The standard InChI is InChI=1S/C11H13ClN4/c12-9-4-2-1-3-8(9)7-11-14-10(5-6-13)15-16-11/h1-4H,5-7,13H2,(H,14,15,16). The molecule has 2 aromatic rings. The second kappa shape index (κ2) is 5.09. The number of halogens is 1. The predicted molar refractivity (Wildman–Crippen MR) is 63.4 cm³/mol. The van der Waals surface area contributed by atoms with Gasteiger partial charge < -0.3 is 5.73 Å². The maximum atomic E-state index is 6.06. The van der Waals surface area contributed by atoms with Gasteiger partial charge in [-0.1, -0.05) is 29.8 Å². The molecule has 0 saturated carbocycles. The highest BCUT2D eigenvalue weighted by atomic mass is 35.5. The minimum absolute atomic E-state index is 0.559. The van der Waals surface area contributed by atoms with E-state index in [0.717, 1.165) is 22.2 Å². The molecule has 0 spiro atoms. The Labute approximate surface area is 98.8 Å². The van der Waals surface area contributed by atoms with Crippen LogP contribution in [0.4, 0.5) is 0 Å². The highest BCUT2D eigenvalue weighted by molar-refractivity contribution is 6.31. The largest absolute Gasteiger partial charge is 0.330 e. The molecule has 0 saturated heterocycles. The molecule has 1 aromatic heterocycles. The van der Waals surface area contributed by atoms with Crippen LogP contribution in [0.25, 0.3) is 0 Å². The van der Waals surface area contributed by atoms with Gasteiger partial charge in [-0.05, 0) is 18.2 Å². The van der Waals surface area contributed by atoms with Gasteiger partial charge in [0.15, 0.2) is 5.82 Å². The van der Waals surface area contributed by atoms with Crippen LogP contribution in [-0.2, 0) is 12.8 Å². The van der Waals surface area contributed by atoms with Crippen molar-refractivity contribution in [1.82, 2.24) is 15.2 Å². The average Bonchev–Trinajstić information content (AvgIpc) is 2.70. The molecule has 0 atom stereocenters. The van der Waals surface area contributed by atoms with Crippen LogP contribution in [0.3, 0.4) is 0 Å². The molecule has 16 heavy (non-hydrogen) atoms. The zero-order valence-corrected chi connectivity index (χ0v) is 9.54. The number of rotatable bonds is 4. The van der Waals surface area contributed by atoms with Gasteiger partial charge >= 0.3 is 0 Å². The summed E-state index contributed by atoms with van der Waals surface area (Å²) in [6.07, 6.45) is 1.36. The summed E-state index contributed by atoms with van der Waals surface area (Å²) >= 11 is 6.06. The van der Waals surface area contributed by atoms with E-state index in [4.69, 9.17) is 17.3 Å². The van der Waals surface area contributed by atoms with Crippen molar-refractivity contribution in [2.75, 3.05) is 6.54 Å². The summed E-state index contributed by atoms with van der Waals surface area (Å²) in [5, 5.41) is 7.71. The van der Waals surface area contributed by atoms with Crippen molar-refractivity contribution in [3.8, 4) is 0 Å². The Hall–Kier alpha value is -1.39. The normalized spacial score (nSPS) is 10.6. The lowest BCUT2D eigenvalue weighted by Crippen LogP contribution is -2.04. The minimum Gasteiger partial charge on any atom is -0.330 e. The van der Waals surface area contributed by atoms with Gasteiger partial charge in [0.1, 0.15) is 5.82 Å². The summed E-state index contributed by atoms with van der Waals surface area (Å²) < 4.78 is 0. The first-order chi connectivity index (χ1) is 7.79. The molecule has 3 N–H and O–H groups in total. The smallest absolute Gasteiger partial charge is 0.151 e. The number of nitrogens with two attached hydrogens (primary N) is 1. The van der Waals surface area contributed by atoms with Crippen molar-refractivity contribution >= 4 is 11.6 Å². The number of aromatic nitrogens is 3. The number of hydrogen-bond acceptors (Lipinski definition) is 3. The lowest BCUT2D eigenvalue weighted by molar-refractivity contribution is 0.874. The lowest BCUT2D eigenvalue weighted by atomic mass is 10.1. The summed E-state index contributed by atoms with van der Waals surface area (Å²) in [7, 11) is 0. The molecular weight excluding hydrogens is 224 g/mol. The SMILES string of the molecule is NCCc1n[nH]c(Cc2ccccc2Cl)n1. The van der Waals surface area contributed by atoms with Gasteiger partial charge in [-0.3, -0.25) is 5.10 Å². The lowest BCUT2D eigenvalue weighted by Gasteiger charge is -1.99. The minimum atomic E-state index is 0.559. The highest BCUT2D eigenvalue weighted by Gasteiger charge is 2.05. The fourth-order valence-electron chi connectivity index (χ4n) is 1.48. The molecule has 0 aliphatic carbocycles. The van der Waals surface area contributed by atoms with Gasteiger partial charge in [0.05, 0.1) is 0 Å². The van der Waals surface area contributed by atoms with E-state index in [1.807, 2.05) is 24.3 Å². The number of nitrogens with one attached hydrogen (secondary N) is 1. The number of hydrogen-bond donors (Lipinski definition) is 2. The Kier molecular flexibility index (Phi) is 3.54. The fourth-order valence-corrected chi connectivity index (χ4v) is 1.68. The van der Waals surface area contributed by atoms with Crippen molar-refractivity contribution in [2.24, 2.45) is 5.73 Å². The van der Waals surface area contributed by atoms with E-state index in [1.54, 1.807) is 0 Å². The van der Waals surface area contributed by atoms with Crippen LogP contribution >= 0.6 is 11.6 Å². The molecule has 1 heterocycles. The summed E-state index contributed by atoms with van der Waals surface area (Å²) in [6.45, 7) is 0.559. The Bertz CT molecular complexity index is 467. The number of H-pyrrole nitrogens is 1. The van der Waals surface area contributed by atoms with Gasteiger partial charge in [-0.2, -0.15) is 5.10 Å². The van der Waals surface area contributed by atoms with E-state index in [0.29, 0.717) is 19.4 Å². The summed E-state index contributed by atoms with van der Waals surface area (Å²) in [6, 6.07) is 7.71. The van der Waals surface area contributed by atoms with Crippen LogP contribution < -0.4 is 5.73 Å². The summed E-state index contributed by atoms with van der Waals surface area (Å²) in [5.41, 5.74) is 6.47. The Balaban J connectivity index is 2.11. The van der Waals surface area contributed by atoms with Crippen molar-refractivity contribution in [2.45, 2.75) is 12.8 Å².